The van der Waals surface area contributed by atoms with Gasteiger partial charge in [-0.15, -0.1) is 0 Å². The molecule has 0 spiro atoms. The van der Waals surface area contributed by atoms with Gasteiger partial charge in [0.2, 0.25) is 0 Å². The maximum absolute atomic E-state index is 12.0. The number of methoxy groups -OCH3 is 2. The minimum Gasteiger partial charge on any atom is -0.354 e. The number of hydrogen-bond acceptors (Lipinski definition) is 4. The lowest BCUT2D eigenvalue weighted by Gasteiger charge is -2.13. The van der Waals surface area contributed by atoms with Crippen molar-refractivity contribution in [1.29, 1.82) is 0 Å². The van der Waals surface area contributed by atoms with Crippen LogP contribution in [0.15, 0.2) is 30.3 Å². The molecule has 21 heavy (non-hydrogen) atoms. The van der Waals surface area contributed by atoms with Crippen molar-refractivity contribution in [1.82, 2.24) is 15.5 Å². The standard InChI is InChI=1S/C14H16ClN3O3/c1-20-13(21-2)8-16-14(19)12-7-11(17-18-12)9-4-3-5-10(15)6-9/h3-7,13H,8H2,1-2H3,(H,16,19)(H,17,18). The zero-order valence-corrected chi connectivity index (χ0v) is 12.5. The number of carbonyl (C=O) groups excluding carboxylic acids is 1. The number of amides is 1. The molecule has 0 aliphatic rings. The van der Waals surface area contributed by atoms with Gasteiger partial charge in [-0.2, -0.15) is 5.10 Å². The molecule has 1 amide bonds. The van der Waals surface area contributed by atoms with Crippen molar-refractivity contribution >= 4 is 17.5 Å². The summed E-state index contributed by atoms with van der Waals surface area (Å²) in [4.78, 5) is 12.0. The van der Waals surface area contributed by atoms with Gasteiger partial charge in [0.15, 0.2) is 6.29 Å². The second-order valence-electron chi connectivity index (χ2n) is 4.29. The third-order valence-corrected chi connectivity index (χ3v) is 3.13. The molecule has 7 heteroatoms. The quantitative estimate of drug-likeness (QED) is 0.801. The van der Waals surface area contributed by atoms with Crippen LogP contribution >= 0.6 is 11.6 Å². The number of nitrogens with one attached hydrogen (secondary N) is 2. The molecule has 0 atom stereocenters. The van der Waals surface area contributed by atoms with E-state index in [9.17, 15) is 4.79 Å². The van der Waals surface area contributed by atoms with E-state index in [1.165, 1.54) is 14.2 Å². The summed E-state index contributed by atoms with van der Waals surface area (Å²) in [5.41, 5.74) is 1.85. The van der Waals surface area contributed by atoms with Gasteiger partial charge < -0.3 is 14.8 Å². The zero-order chi connectivity index (χ0) is 15.2. The second-order valence-corrected chi connectivity index (χ2v) is 4.72. The first-order valence-electron chi connectivity index (χ1n) is 6.29. The highest BCUT2D eigenvalue weighted by molar-refractivity contribution is 6.30. The monoisotopic (exact) mass is 309 g/mol. The first-order chi connectivity index (χ1) is 10.1. The van der Waals surface area contributed by atoms with Gasteiger partial charge in [-0.1, -0.05) is 23.7 Å². The molecule has 0 saturated carbocycles. The summed E-state index contributed by atoms with van der Waals surface area (Å²) >= 11 is 5.94. The molecule has 0 aliphatic carbocycles. The van der Waals surface area contributed by atoms with Crippen LogP contribution in [-0.2, 0) is 9.47 Å². The number of carbonyl (C=O) groups is 1. The van der Waals surface area contributed by atoms with Gasteiger partial charge in [-0.3, -0.25) is 9.89 Å². The van der Waals surface area contributed by atoms with Crippen LogP contribution in [0.1, 0.15) is 10.5 Å². The Labute approximate surface area is 127 Å². The molecule has 2 N–H and O–H groups in total. The maximum Gasteiger partial charge on any atom is 0.269 e. The number of nitrogens with zero attached hydrogens (tertiary/aromatic N) is 1. The van der Waals surface area contributed by atoms with Gasteiger partial charge in [0.1, 0.15) is 5.69 Å². The molecule has 112 valence electrons. The molecular weight excluding hydrogens is 294 g/mol. The van der Waals surface area contributed by atoms with Crippen LogP contribution in [0.4, 0.5) is 0 Å². The summed E-state index contributed by atoms with van der Waals surface area (Å²) in [5.74, 6) is -0.283. The topological polar surface area (TPSA) is 76.2 Å². The third kappa shape index (κ3) is 4.04. The molecule has 0 saturated heterocycles. The highest BCUT2D eigenvalue weighted by atomic mass is 35.5. The van der Waals surface area contributed by atoms with Crippen LogP contribution < -0.4 is 5.32 Å². The SMILES string of the molecule is COC(CNC(=O)c1cc(-c2cccc(Cl)c2)n[nH]1)OC. The molecule has 2 rings (SSSR count). The van der Waals surface area contributed by atoms with Crippen molar-refractivity contribution in [2.24, 2.45) is 0 Å². The molecule has 0 radical (unpaired) electrons. The minimum atomic E-state index is -0.482. The first kappa shape index (κ1) is 15.5. The summed E-state index contributed by atoms with van der Waals surface area (Å²) in [7, 11) is 3.02. The molecule has 0 bridgehead atoms. The van der Waals surface area contributed by atoms with Gasteiger partial charge in [0, 0.05) is 24.8 Å². The van der Waals surface area contributed by atoms with E-state index in [0.29, 0.717) is 16.4 Å². The number of aromatic amines is 1. The van der Waals surface area contributed by atoms with Crippen LogP contribution in [0.2, 0.25) is 5.02 Å². The average molecular weight is 310 g/mol. The van der Waals surface area contributed by atoms with E-state index in [2.05, 4.69) is 15.5 Å². The van der Waals surface area contributed by atoms with Crippen molar-refractivity contribution in [3.63, 3.8) is 0 Å². The van der Waals surface area contributed by atoms with E-state index in [1.807, 2.05) is 12.1 Å². The molecule has 1 heterocycles. The summed E-state index contributed by atoms with van der Waals surface area (Å²) in [6.07, 6.45) is -0.482. The smallest absolute Gasteiger partial charge is 0.269 e. The molecule has 0 fully saturated rings. The van der Waals surface area contributed by atoms with E-state index in [0.717, 1.165) is 5.56 Å². The molecule has 0 unspecified atom stereocenters. The van der Waals surface area contributed by atoms with E-state index in [4.69, 9.17) is 21.1 Å². The van der Waals surface area contributed by atoms with Crippen molar-refractivity contribution in [3.05, 3.63) is 41.0 Å². The minimum absolute atomic E-state index is 0.247. The molecular formula is C14H16ClN3O3. The Bertz CT molecular complexity index is 611. The average Bonchev–Trinajstić information content (AvgIpc) is 2.98. The number of H-pyrrole nitrogens is 1. The highest BCUT2D eigenvalue weighted by Crippen LogP contribution is 2.21. The molecule has 2 aromatic rings. The fourth-order valence-electron chi connectivity index (χ4n) is 1.77. The molecule has 1 aromatic heterocycles. The lowest BCUT2D eigenvalue weighted by Crippen LogP contribution is -2.34. The number of rotatable bonds is 6. The maximum atomic E-state index is 12.0. The zero-order valence-electron chi connectivity index (χ0n) is 11.7. The van der Waals surface area contributed by atoms with Crippen LogP contribution in [-0.4, -0.2) is 43.2 Å². The number of aromatic nitrogens is 2. The summed E-state index contributed by atoms with van der Waals surface area (Å²) in [6, 6.07) is 8.92. The fraction of sp³-hybridized carbons (Fsp3) is 0.286. The molecule has 6 nitrogen and oxygen atoms in total. The van der Waals surface area contributed by atoms with E-state index in [-0.39, 0.29) is 12.5 Å². The Balaban J connectivity index is 2.04. The number of ether oxygens (including phenoxy) is 2. The highest BCUT2D eigenvalue weighted by Gasteiger charge is 2.13. The second kappa shape index (κ2) is 7.21. The van der Waals surface area contributed by atoms with Crippen LogP contribution in [0, 0.1) is 0 Å². The predicted molar refractivity (Wildman–Crippen MR) is 79.2 cm³/mol. The Hall–Kier alpha value is -1.89. The summed E-state index contributed by atoms with van der Waals surface area (Å²) < 4.78 is 9.99. The number of hydrogen-bond donors (Lipinski definition) is 2. The van der Waals surface area contributed by atoms with Crippen molar-refractivity contribution < 1.29 is 14.3 Å². The normalized spacial score (nSPS) is 10.9. The predicted octanol–water partition coefficient (Wildman–Crippen LogP) is 2.08. The molecule has 1 aromatic carbocycles. The first-order valence-corrected chi connectivity index (χ1v) is 6.67. The Morgan fingerprint density at radius 1 is 1.38 bits per heavy atom. The fourth-order valence-corrected chi connectivity index (χ4v) is 1.96. The third-order valence-electron chi connectivity index (χ3n) is 2.90. The van der Waals surface area contributed by atoms with Gasteiger partial charge in [0.05, 0.1) is 12.2 Å². The van der Waals surface area contributed by atoms with Crippen LogP contribution in [0.3, 0.4) is 0 Å². The van der Waals surface area contributed by atoms with Gasteiger partial charge in [-0.25, -0.2) is 0 Å². The van der Waals surface area contributed by atoms with Crippen LogP contribution in [0.5, 0.6) is 0 Å². The van der Waals surface area contributed by atoms with Gasteiger partial charge >= 0.3 is 0 Å². The lowest BCUT2D eigenvalue weighted by molar-refractivity contribution is -0.0974. The van der Waals surface area contributed by atoms with E-state index >= 15 is 0 Å². The van der Waals surface area contributed by atoms with E-state index < -0.39 is 6.29 Å². The Morgan fingerprint density at radius 3 is 2.81 bits per heavy atom. The van der Waals surface area contributed by atoms with E-state index in [1.54, 1.807) is 18.2 Å². The van der Waals surface area contributed by atoms with Crippen molar-refractivity contribution in [2.75, 3.05) is 20.8 Å². The summed E-state index contributed by atoms with van der Waals surface area (Å²) in [5, 5.41) is 10.1. The van der Waals surface area contributed by atoms with Crippen molar-refractivity contribution in [2.45, 2.75) is 6.29 Å². The van der Waals surface area contributed by atoms with Gasteiger partial charge in [0.25, 0.3) is 5.91 Å². The largest absolute Gasteiger partial charge is 0.354 e. The lowest BCUT2D eigenvalue weighted by atomic mass is 10.1. The Morgan fingerprint density at radius 2 is 2.14 bits per heavy atom. The van der Waals surface area contributed by atoms with Gasteiger partial charge in [-0.05, 0) is 18.2 Å². The van der Waals surface area contributed by atoms with Crippen LogP contribution in [0.25, 0.3) is 11.3 Å². The molecule has 0 aliphatic heterocycles. The number of halogens is 1. The number of benzene rings is 1. The van der Waals surface area contributed by atoms with Crippen molar-refractivity contribution in [3.8, 4) is 11.3 Å². The Kier molecular flexibility index (Phi) is 5.32. The summed E-state index contributed by atoms with van der Waals surface area (Å²) in [6.45, 7) is 0.247.